The van der Waals surface area contributed by atoms with Gasteiger partial charge in [-0.1, -0.05) is 90.4 Å². The van der Waals surface area contributed by atoms with Crippen LogP contribution in [0.5, 0.6) is 0 Å². The molecule has 0 saturated carbocycles. The van der Waals surface area contributed by atoms with Gasteiger partial charge in [-0.25, -0.2) is 14.9 Å². The van der Waals surface area contributed by atoms with E-state index < -0.39 is 12.1 Å². The number of unbranched alkanes of at least 4 members (excludes halogenated alkanes) is 13. The summed E-state index contributed by atoms with van der Waals surface area (Å²) in [6.45, 7) is 4.95. The Morgan fingerprint density at radius 2 is 1.33 bits per heavy atom. The summed E-state index contributed by atoms with van der Waals surface area (Å²) < 4.78 is 16.8. The number of likely N-dealkylation sites (N-methyl/N-ethyl adjacent to an activating group) is 1. The lowest BCUT2D eigenvalue weighted by Gasteiger charge is -2.15. The molecule has 0 aromatic rings. The van der Waals surface area contributed by atoms with Gasteiger partial charge in [-0.05, 0) is 33.4 Å². The Labute approximate surface area is 220 Å². The fourth-order valence-corrected chi connectivity index (χ4v) is 4.37. The van der Waals surface area contributed by atoms with Crippen LogP contribution in [-0.4, -0.2) is 76.2 Å². The lowest BCUT2D eigenvalue weighted by Crippen LogP contribution is -2.42. The first-order valence-corrected chi connectivity index (χ1v) is 14.6. The molecule has 36 heavy (non-hydrogen) atoms. The fourth-order valence-electron chi connectivity index (χ4n) is 4.37. The van der Waals surface area contributed by atoms with Crippen molar-refractivity contribution in [3.05, 3.63) is 0 Å². The number of imide groups is 1. The van der Waals surface area contributed by atoms with Gasteiger partial charge in [-0.3, -0.25) is 0 Å². The Morgan fingerprint density at radius 1 is 0.806 bits per heavy atom. The first-order chi connectivity index (χ1) is 17.5. The Kier molecular flexibility index (Phi) is 20.7. The van der Waals surface area contributed by atoms with Gasteiger partial charge in [0.05, 0.1) is 18.8 Å². The number of carbonyl (C=O) groups is 2. The first kappa shape index (κ1) is 32.6. The molecule has 1 rings (SSSR count). The van der Waals surface area contributed by atoms with Crippen LogP contribution in [-0.2, 0) is 14.2 Å². The molecule has 2 atom stereocenters. The van der Waals surface area contributed by atoms with Crippen molar-refractivity contribution in [3.8, 4) is 0 Å². The highest BCUT2D eigenvalue weighted by Gasteiger charge is 2.26. The largest absolute Gasteiger partial charge is 0.446 e. The van der Waals surface area contributed by atoms with Gasteiger partial charge >= 0.3 is 12.1 Å². The third kappa shape index (κ3) is 19.8. The minimum Gasteiger partial charge on any atom is -0.446 e. The van der Waals surface area contributed by atoms with Crippen LogP contribution in [0.2, 0.25) is 0 Å². The number of nitrogens with one attached hydrogen (secondary N) is 2. The van der Waals surface area contributed by atoms with Crippen LogP contribution in [0.3, 0.4) is 0 Å². The van der Waals surface area contributed by atoms with E-state index in [4.69, 9.17) is 14.2 Å². The molecule has 3 amide bonds. The second-order valence-electron chi connectivity index (χ2n) is 10.4. The van der Waals surface area contributed by atoms with E-state index in [9.17, 15) is 9.59 Å². The van der Waals surface area contributed by atoms with E-state index in [0.29, 0.717) is 19.7 Å². The molecule has 0 unspecified atom stereocenters. The van der Waals surface area contributed by atoms with Crippen molar-refractivity contribution in [2.24, 2.45) is 0 Å². The van der Waals surface area contributed by atoms with Crippen molar-refractivity contribution in [1.82, 2.24) is 15.5 Å². The molecule has 1 aliphatic heterocycles. The van der Waals surface area contributed by atoms with E-state index in [1.54, 1.807) is 0 Å². The van der Waals surface area contributed by atoms with E-state index >= 15 is 0 Å². The summed E-state index contributed by atoms with van der Waals surface area (Å²) in [5, 5.41) is 4.77. The minimum atomic E-state index is -0.751. The molecule has 1 saturated heterocycles. The van der Waals surface area contributed by atoms with Gasteiger partial charge in [0, 0.05) is 19.7 Å². The normalized spacial score (nSPS) is 17.4. The quantitative estimate of drug-likeness (QED) is 0.172. The monoisotopic (exact) mass is 513 g/mol. The zero-order valence-corrected chi connectivity index (χ0v) is 23.5. The van der Waals surface area contributed by atoms with Crippen LogP contribution in [0.15, 0.2) is 0 Å². The second-order valence-corrected chi connectivity index (χ2v) is 10.4. The van der Waals surface area contributed by atoms with Crippen molar-refractivity contribution in [1.29, 1.82) is 0 Å². The van der Waals surface area contributed by atoms with Gasteiger partial charge in [0.2, 0.25) is 0 Å². The standard InChI is InChI=1S/C28H55N3O5/c1-4-5-6-7-8-9-10-11-12-13-14-15-16-17-22-34-23-25-18-19-26(36-25)24-35-28(33)30-27(32)29-20-21-31(2)3/h25-26H,4-24H2,1-3H3,(H2,29,30,32,33)/t25-,26+/m0/s1. The molecule has 0 aromatic heterocycles. The Balaban J connectivity index is 1.86. The number of nitrogens with zero attached hydrogens (tertiary/aromatic N) is 1. The summed E-state index contributed by atoms with van der Waals surface area (Å²) in [5.41, 5.74) is 0. The predicted octanol–water partition coefficient (Wildman–Crippen LogP) is 6.03. The van der Waals surface area contributed by atoms with Crippen LogP contribution >= 0.6 is 0 Å². The molecule has 212 valence electrons. The van der Waals surface area contributed by atoms with Gasteiger partial charge < -0.3 is 24.4 Å². The second kappa shape index (κ2) is 22.8. The summed E-state index contributed by atoms with van der Waals surface area (Å²) in [7, 11) is 3.82. The highest BCUT2D eigenvalue weighted by atomic mass is 16.6. The maximum Gasteiger partial charge on any atom is 0.415 e. The van der Waals surface area contributed by atoms with Crippen molar-refractivity contribution < 1.29 is 23.8 Å². The smallest absolute Gasteiger partial charge is 0.415 e. The maximum atomic E-state index is 11.7. The van der Waals surface area contributed by atoms with Crippen molar-refractivity contribution in [3.63, 3.8) is 0 Å². The number of rotatable bonds is 22. The molecule has 8 heteroatoms. The molecule has 1 fully saturated rings. The third-order valence-electron chi connectivity index (χ3n) is 6.60. The minimum absolute atomic E-state index is 0.0580. The number of hydrogen-bond acceptors (Lipinski definition) is 6. The molecule has 0 aliphatic carbocycles. The molecule has 0 bridgehead atoms. The lowest BCUT2D eigenvalue weighted by molar-refractivity contribution is -0.0341. The molecule has 0 spiro atoms. The van der Waals surface area contributed by atoms with Gasteiger partial charge in [-0.2, -0.15) is 0 Å². The first-order valence-electron chi connectivity index (χ1n) is 14.6. The number of ether oxygens (including phenoxy) is 3. The zero-order valence-electron chi connectivity index (χ0n) is 23.5. The molecule has 8 nitrogen and oxygen atoms in total. The fraction of sp³-hybridized carbons (Fsp3) is 0.929. The van der Waals surface area contributed by atoms with Crippen LogP contribution < -0.4 is 10.6 Å². The van der Waals surface area contributed by atoms with Crippen molar-refractivity contribution in [2.45, 2.75) is 122 Å². The number of hydrogen-bond donors (Lipinski definition) is 2. The summed E-state index contributed by atoms with van der Waals surface area (Å²) in [4.78, 5) is 25.3. The predicted molar refractivity (Wildman–Crippen MR) is 145 cm³/mol. The van der Waals surface area contributed by atoms with Crippen LogP contribution in [0.25, 0.3) is 0 Å². The molecule has 1 heterocycles. The van der Waals surface area contributed by atoms with Crippen molar-refractivity contribution >= 4 is 12.1 Å². The molecule has 0 aromatic carbocycles. The van der Waals surface area contributed by atoms with Crippen LogP contribution in [0.1, 0.15) is 110 Å². The van der Waals surface area contributed by atoms with Gasteiger partial charge in [0.15, 0.2) is 0 Å². The third-order valence-corrected chi connectivity index (χ3v) is 6.60. The van der Waals surface area contributed by atoms with E-state index in [-0.39, 0.29) is 18.8 Å². The molecular formula is C28H55N3O5. The molecule has 1 aliphatic rings. The highest BCUT2D eigenvalue weighted by Crippen LogP contribution is 2.20. The summed E-state index contributed by atoms with van der Waals surface area (Å²) in [6.07, 6.45) is 19.9. The summed E-state index contributed by atoms with van der Waals surface area (Å²) in [6, 6.07) is -0.552. The maximum absolute atomic E-state index is 11.7. The molecule has 0 radical (unpaired) electrons. The SMILES string of the molecule is CCCCCCCCCCCCCCCCOC[C@@H]1CC[C@H](COC(=O)NC(=O)NCCN(C)C)O1. The van der Waals surface area contributed by atoms with E-state index in [1.807, 2.05) is 19.0 Å². The van der Waals surface area contributed by atoms with Gasteiger partial charge in [-0.15, -0.1) is 0 Å². The Hall–Kier alpha value is -1.38. The van der Waals surface area contributed by atoms with Gasteiger partial charge in [0.25, 0.3) is 0 Å². The number of urea groups is 1. The van der Waals surface area contributed by atoms with E-state index in [1.165, 1.54) is 83.5 Å². The lowest BCUT2D eigenvalue weighted by atomic mass is 10.0. The number of alkyl carbamates (subject to hydrolysis) is 1. The van der Waals surface area contributed by atoms with Crippen LogP contribution in [0, 0.1) is 0 Å². The van der Waals surface area contributed by atoms with E-state index in [0.717, 1.165) is 25.9 Å². The average molecular weight is 514 g/mol. The number of carbonyl (C=O) groups excluding carboxylic acids is 2. The Morgan fingerprint density at radius 3 is 1.89 bits per heavy atom. The molecular weight excluding hydrogens is 458 g/mol. The number of amides is 3. The summed E-state index contributed by atoms with van der Waals surface area (Å²) >= 11 is 0. The van der Waals surface area contributed by atoms with Crippen LogP contribution in [0.4, 0.5) is 9.59 Å². The average Bonchev–Trinajstić information content (AvgIpc) is 3.30. The topological polar surface area (TPSA) is 89.1 Å². The van der Waals surface area contributed by atoms with Crippen molar-refractivity contribution in [2.75, 3.05) is 47.0 Å². The zero-order chi connectivity index (χ0) is 26.3. The highest BCUT2D eigenvalue weighted by molar-refractivity contribution is 5.90. The van der Waals surface area contributed by atoms with Gasteiger partial charge in [0.1, 0.15) is 6.61 Å². The molecule has 2 N–H and O–H groups in total. The Bertz CT molecular complexity index is 547. The van der Waals surface area contributed by atoms with E-state index in [2.05, 4.69) is 17.6 Å². The summed E-state index contributed by atoms with van der Waals surface area (Å²) in [5.74, 6) is 0.